The van der Waals surface area contributed by atoms with E-state index >= 15 is 4.39 Å². The van der Waals surface area contributed by atoms with Crippen molar-refractivity contribution in [1.29, 1.82) is 0 Å². The highest BCUT2D eigenvalue weighted by Gasteiger charge is 2.33. The SMILES string of the molecule is CNCc1ccc(C#CCCCC(=O)N2CCN(c3ccc(N4CC(CNC(C)=O)OC4=O)cc3F)CC2)cc1. The van der Waals surface area contributed by atoms with Crippen molar-refractivity contribution in [3.05, 3.63) is 59.4 Å². The first-order valence-electron chi connectivity index (χ1n) is 13.6. The third-order valence-corrected chi connectivity index (χ3v) is 6.93. The molecule has 2 fully saturated rings. The van der Waals surface area contributed by atoms with Crippen LogP contribution in [0.1, 0.15) is 37.3 Å². The molecule has 3 amide bonds. The average Bonchev–Trinajstić information content (AvgIpc) is 3.33. The van der Waals surface area contributed by atoms with E-state index in [4.69, 9.17) is 4.74 Å². The van der Waals surface area contributed by atoms with Crippen LogP contribution in [0, 0.1) is 17.7 Å². The number of piperazine rings is 1. The summed E-state index contributed by atoms with van der Waals surface area (Å²) in [6, 6.07) is 12.8. The minimum atomic E-state index is -0.570. The van der Waals surface area contributed by atoms with Gasteiger partial charge in [0.2, 0.25) is 11.8 Å². The van der Waals surface area contributed by atoms with E-state index in [2.05, 4.69) is 34.6 Å². The highest BCUT2D eigenvalue weighted by Crippen LogP contribution is 2.28. The molecule has 0 bridgehead atoms. The van der Waals surface area contributed by atoms with Crippen LogP contribution < -0.4 is 20.4 Å². The van der Waals surface area contributed by atoms with Crippen LogP contribution in [0.4, 0.5) is 20.6 Å². The first kappa shape index (κ1) is 28.9. The van der Waals surface area contributed by atoms with Gasteiger partial charge in [-0.3, -0.25) is 14.5 Å². The predicted octanol–water partition coefficient (Wildman–Crippen LogP) is 2.88. The van der Waals surface area contributed by atoms with Gasteiger partial charge in [-0.2, -0.15) is 0 Å². The Morgan fingerprint density at radius 1 is 1.10 bits per heavy atom. The summed E-state index contributed by atoms with van der Waals surface area (Å²) in [6.45, 7) is 4.75. The van der Waals surface area contributed by atoms with Crippen molar-refractivity contribution in [3.8, 4) is 11.8 Å². The fraction of sp³-hybridized carbons (Fsp3) is 0.433. The van der Waals surface area contributed by atoms with Crippen molar-refractivity contribution in [2.24, 2.45) is 0 Å². The zero-order chi connectivity index (χ0) is 28.5. The molecule has 4 rings (SSSR count). The van der Waals surface area contributed by atoms with E-state index in [1.54, 1.807) is 12.1 Å². The van der Waals surface area contributed by atoms with E-state index in [0.717, 1.165) is 12.1 Å². The summed E-state index contributed by atoms with van der Waals surface area (Å²) in [5.74, 6) is 5.75. The van der Waals surface area contributed by atoms with Gasteiger partial charge >= 0.3 is 6.09 Å². The summed E-state index contributed by atoms with van der Waals surface area (Å²) in [5.41, 5.74) is 3.02. The van der Waals surface area contributed by atoms with Crippen LogP contribution >= 0.6 is 0 Å². The van der Waals surface area contributed by atoms with E-state index < -0.39 is 18.0 Å². The van der Waals surface area contributed by atoms with Gasteiger partial charge in [-0.15, -0.1) is 0 Å². The smallest absolute Gasteiger partial charge is 0.414 e. The Bertz CT molecular complexity index is 1270. The number of nitrogens with one attached hydrogen (secondary N) is 2. The lowest BCUT2D eigenvalue weighted by Crippen LogP contribution is -2.49. The summed E-state index contributed by atoms with van der Waals surface area (Å²) in [7, 11) is 1.91. The maximum Gasteiger partial charge on any atom is 0.414 e. The average molecular weight is 550 g/mol. The number of carbonyl (C=O) groups excluding carboxylic acids is 3. The molecule has 2 aliphatic rings. The molecule has 2 N–H and O–H groups in total. The van der Waals surface area contributed by atoms with Crippen molar-refractivity contribution in [2.45, 2.75) is 38.8 Å². The number of rotatable bonds is 9. The molecular weight excluding hydrogens is 513 g/mol. The minimum absolute atomic E-state index is 0.0926. The van der Waals surface area contributed by atoms with E-state index in [0.29, 0.717) is 56.8 Å². The normalized spacial score (nSPS) is 16.8. The summed E-state index contributed by atoms with van der Waals surface area (Å²) >= 11 is 0. The Kier molecular flexibility index (Phi) is 9.97. The summed E-state index contributed by atoms with van der Waals surface area (Å²) in [6.07, 6.45) is 0.732. The summed E-state index contributed by atoms with van der Waals surface area (Å²) in [4.78, 5) is 41.1. The maximum absolute atomic E-state index is 15.1. The number of anilines is 2. The molecule has 2 aromatic rings. The van der Waals surface area contributed by atoms with Crippen LogP contribution in [0.5, 0.6) is 0 Å². The molecule has 0 aliphatic carbocycles. The number of ether oxygens (including phenoxy) is 1. The largest absolute Gasteiger partial charge is 0.442 e. The highest BCUT2D eigenvalue weighted by atomic mass is 19.1. The molecule has 212 valence electrons. The van der Waals surface area contributed by atoms with Crippen molar-refractivity contribution in [2.75, 3.05) is 56.1 Å². The Labute approximate surface area is 234 Å². The van der Waals surface area contributed by atoms with Crippen LogP contribution in [0.3, 0.4) is 0 Å². The Balaban J connectivity index is 1.21. The lowest BCUT2D eigenvalue weighted by Gasteiger charge is -2.36. The third kappa shape index (κ3) is 7.73. The van der Waals surface area contributed by atoms with Crippen molar-refractivity contribution >= 4 is 29.3 Å². The van der Waals surface area contributed by atoms with E-state index in [1.165, 1.54) is 23.5 Å². The Morgan fingerprint density at radius 3 is 2.52 bits per heavy atom. The lowest BCUT2D eigenvalue weighted by atomic mass is 10.1. The van der Waals surface area contributed by atoms with Crippen molar-refractivity contribution in [3.63, 3.8) is 0 Å². The molecular formula is C30H36FN5O4. The molecule has 0 aromatic heterocycles. The van der Waals surface area contributed by atoms with Crippen LogP contribution in [-0.4, -0.2) is 75.2 Å². The molecule has 0 radical (unpaired) electrons. The molecule has 9 nitrogen and oxygen atoms in total. The monoisotopic (exact) mass is 549 g/mol. The van der Waals surface area contributed by atoms with Gasteiger partial charge in [-0.05, 0) is 49.4 Å². The number of cyclic esters (lactones) is 1. The Morgan fingerprint density at radius 2 is 1.85 bits per heavy atom. The van der Waals surface area contributed by atoms with Crippen LogP contribution in [0.2, 0.25) is 0 Å². The molecule has 0 saturated carbocycles. The maximum atomic E-state index is 15.1. The number of carbonyl (C=O) groups is 3. The zero-order valence-corrected chi connectivity index (χ0v) is 23.0. The van der Waals surface area contributed by atoms with Crippen LogP contribution in [0.15, 0.2) is 42.5 Å². The third-order valence-electron chi connectivity index (χ3n) is 6.93. The quantitative estimate of drug-likeness (QED) is 0.369. The molecule has 40 heavy (non-hydrogen) atoms. The number of amides is 3. The number of nitrogens with zero attached hydrogens (tertiary/aromatic N) is 3. The van der Waals surface area contributed by atoms with E-state index in [1.807, 2.05) is 29.0 Å². The highest BCUT2D eigenvalue weighted by molar-refractivity contribution is 5.90. The number of benzene rings is 2. The topological polar surface area (TPSA) is 94.2 Å². The number of hydrogen-bond donors (Lipinski definition) is 2. The standard InChI is InChI=1S/C30H36FN5O4/c1-22(37)33-20-26-21-36(30(39)40-26)25-12-13-28(27(31)18-25)34-14-16-35(17-15-34)29(38)7-5-3-4-6-23-8-10-24(11-9-23)19-32-2/h8-13,18,26,32H,3,5,7,14-17,19-21H2,1-2H3,(H,33,37). The first-order valence-corrected chi connectivity index (χ1v) is 13.6. The number of halogens is 1. The van der Waals surface area contributed by atoms with Gasteiger partial charge in [-0.25, -0.2) is 9.18 Å². The summed E-state index contributed by atoms with van der Waals surface area (Å²) < 4.78 is 20.3. The first-order chi connectivity index (χ1) is 19.3. The Hall–Kier alpha value is -4.10. The molecule has 1 unspecified atom stereocenters. The van der Waals surface area contributed by atoms with Gasteiger partial charge in [0.1, 0.15) is 11.9 Å². The molecule has 2 heterocycles. The van der Waals surface area contributed by atoms with E-state index in [-0.39, 0.29) is 24.9 Å². The molecule has 2 aliphatic heterocycles. The van der Waals surface area contributed by atoms with Gasteiger partial charge in [0, 0.05) is 58.1 Å². The van der Waals surface area contributed by atoms with Gasteiger partial charge in [0.15, 0.2) is 0 Å². The fourth-order valence-electron chi connectivity index (χ4n) is 4.77. The molecule has 1 atom stereocenters. The zero-order valence-electron chi connectivity index (χ0n) is 23.0. The minimum Gasteiger partial charge on any atom is -0.442 e. The number of unbranched alkanes of at least 4 members (excludes halogenated alkanes) is 1. The molecule has 2 aromatic carbocycles. The molecule has 0 spiro atoms. The van der Waals surface area contributed by atoms with Crippen LogP contribution in [-0.2, 0) is 20.9 Å². The van der Waals surface area contributed by atoms with Gasteiger partial charge in [0.25, 0.3) is 0 Å². The second-order valence-electron chi connectivity index (χ2n) is 9.94. The number of hydrogen-bond acceptors (Lipinski definition) is 6. The van der Waals surface area contributed by atoms with Crippen LogP contribution in [0.25, 0.3) is 0 Å². The predicted molar refractivity (Wildman–Crippen MR) is 151 cm³/mol. The van der Waals surface area contributed by atoms with Crippen molar-refractivity contribution in [1.82, 2.24) is 15.5 Å². The van der Waals surface area contributed by atoms with E-state index in [9.17, 15) is 14.4 Å². The second kappa shape index (κ2) is 13.8. The van der Waals surface area contributed by atoms with Crippen molar-refractivity contribution < 1.29 is 23.5 Å². The van der Waals surface area contributed by atoms with Gasteiger partial charge < -0.3 is 25.2 Å². The molecule has 10 heteroatoms. The summed E-state index contributed by atoms with van der Waals surface area (Å²) in [5, 5.41) is 5.74. The fourth-order valence-corrected chi connectivity index (χ4v) is 4.77. The second-order valence-corrected chi connectivity index (χ2v) is 9.94. The molecule has 2 saturated heterocycles. The van der Waals surface area contributed by atoms with Gasteiger partial charge in [-0.1, -0.05) is 24.0 Å². The van der Waals surface area contributed by atoms with Gasteiger partial charge in [0.05, 0.1) is 24.5 Å². The lowest BCUT2D eigenvalue weighted by molar-refractivity contribution is -0.131.